The normalized spacial score (nSPS) is 11.1. The number of sulfonamides is 1. The molecule has 0 bridgehead atoms. The van der Waals surface area contributed by atoms with E-state index in [0.29, 0.717) is 5.69 Å². The molecule has 1 heterocycles. The Bertz CT molecular complexity index is 1240. The average Bonchev–Trinajstić information content (AvgIpc) is 3.17. The Labute approximate surface area is 179 Å². The number of benzene rings is 3. The van der Waals surface area contributed by atoms with Gasteiger partial charge >= 0.3 is 0 Å². The summed E-state index contributed by atoms with van der Waals surface area (Å²) in [6, 6.07) is 24.4. The van der Waals surface area contributed by atoms with Gasteiger partial charge in [0.15, 0.2) is 5.13 Å². The number of aromatic nitrogens is 1. The predicted octanol–water partition coefficient (Wildman–Crippen LogP) is 5.72. The molecule has 0 amide bonds. The van der Waals surface area contributed by atoms with E-state index in [4.69, 9.17) is 4.74 Å². The zero-order chi connectivity index (χ0) is 21.0. The van der Waals surface area contributed by atoms with Crippen molar-refractivity contribution in [3.63, 3.8) is 0 Å². The Kier molecular flexibility index (Phi) is 5.69. The number of ether oxygens (including phenoxy) is 1. The van der Waals surface area contributed by atoms with Crippen molar-refractivity contribution < 1.29 is 13.2 Å². The average molecular weight is 438 g/mol. The summed E-state index contributed by atoms with van der Waals surface area (Å²) in [5, 5.41) is 6.00. The number of para-hydroxylation sites is 1. The Morgan fingerprint density at radius 2 is 1.60 bits per heavy atom. The van der Waals surface area contributed by atoms with Crippen molar-refractivity contribution in [2.24, 2.45) is 0 Å². The Hall–Kier alpha value is -3.36. The monoisotopic (exact) mass is 437 g/mol. The standard InChI is InChI=1S/C22H19N3O3S2/c1-30(26,27)25-17-12-10-16(11-13-17)21-15-29-22(24-21)23-18-6-5-9-20(14-18)28-19-7-3-2-4-8-19/h2-15,25H,1H3,(H,23,24). The number of thiazole rings is 1. The van der Waals surface area contributed by atoms with Gasteiger partial charge in [0, 0.05) is 28.4 Å². The third-order valence-electron chi connectivity index (χ3n) is 4.05. The number of nitrogens with one attached hydrogen (secondary N) is 2. The van der Waals surface area contributed by atoms with Gasteiger partial charge in [-0.3, -0.25) is 4.72 Å². The molecule has 0 spiro atoms. The van der Waals surface area contributed by atoms with Gasteiger partial charge in [-0.15, -0.1) is 11.3 Å². The van der Waals surface area contributed by atoms with Gasteiger partial charge in [0.05, 0.1) is 11.9 Å². The Balaban J connectivity index is 1.45. The molecule has 0 unspecified atom stereocenters. The van der Waals surface area contributed by atoms with Gasteiger partial charge < -0.3 is 10.1 Å². The number of hydrogen-bond acceptors (Lipinski definition) is 6. The lowest BCUT2D eigenvalue weighted by molar-refractivity contribution is 0.483. The van der Waals surface area contributed by atoms with E-state index in [1.807, 2.05) is 72.1 Å². The summed E-state index contributed by atoms with van der Waals surface area (Å²) >= 11 is 1.49. The number of nitrogens with zero attached hydrogens (tertiary/aromatic N) is 1. The summed E-state index contributed by atoms with van der Waals surface area (Å²) in [7, 11) is -3.29. The third kappa shape index (κ3) is 5.37. The van der Waals surface area contributed by atoms with Crippen LogP contribution in [0.4, 0.5) is 16.5 Å². The minimum Gasteiger partial charge on any atom is -0.457 e. The number of rotatable bonds is 7. The van der Waals surface area contributed by atoms with Crippen LogP contribution >= 0.6 is 11.3 Å². The van der Waals surface area contributed by atoms with Gasteiger partial charge in [0.25, 0.3) is 0 Å². The molecule has 4 rings (SSSR count). The van der Waals surface area contributed by atoms with Gasteiger partial charge in [-0.1, -0.05) is 36.4 Å². The first kappa shape index (κ1) is 19.9. The van der Waals surface area contributed by atoms with Gasteiger partial charge in [0.2, 0.25) is 10.0 Å². The molecule has 3 aromatic carbocycles. The summed E-state index contributed by atoms with van der Waals surface area (Å²) in [5.41, 5.74) is 3.10. The van der Waals surface area contributed by atoms with E-state index >= 15 is 0 Å². The molecule has 2 N–H and O–H groups in total. The second-order valence-corrected chi connectivity index (χ2v) is 9.16. The molecule has 0 saturated carbocycles. The van der Waals surface area contributed by atoms with Crippen LogP contribution in [-0.4, -0.2) is 19.7 Å². The highest BCUT2D eigenvalue weighted by atomic mass is 32.2. The van der Waals surface area contributed by atoms with Crippen LogP contribution in [0.1, 0.15) is 0 Å². The fourth-order valence-corrected chi connectivity index (χ4v) is 4.08. The van der Waals surface area contributed by atoms with Crippen LogP contribution < -0.4 is 14.8 Å². The zero-order valence-electron chi connectivity index (χ0n) is 16.1. The second-order valence-electron chi connectivity index (χ2n) is 6.56. The Morgan fingerprint density at radius 3 is 2.33 bits per heavy atom. The smallest absolute Gasteiger partial charge is 0.229 e. The van der Waals surface area contributed by atoms with Crippen LogP contribution in [0, 0.1) is 0 Å². The van der Waals surface area contributed by atoms with Crippen LogP contribution in [0.15, 0.2) is 84.2 Å². The van der Waals surface area contributed by atoms with Crippen molar-refractivity contribution >= 4 is 37.9 Å². The molecular formula is C22H19N3O3S2. The minimum absolute atomic E-state index is 0.519. The molecule has 0 aliphatic rings. The molecule has 6 nitrogen and oxygen atoms in total. The molecule has 0 atom stereocenters. The molecule has 0 radical (unpaired) electrons. The molecule has 0 fully saturated rings. The summed E-state index contributed by atoms with van der Waals surface area (Å²) in [6.07, 6.45) is 1.12. The van der Waals surface area contributed by atoms with Crippen molar-refractivity contribution in [2.75, 3.05) is 16.3 Å². The fraction of sp³-hybridized carbons (Fsp3) is 0.0455. The van der Waals surface area contributed by atoms with E-state index in [2.05, 4.69) is 15.0 Å². The lowest BCUT2D eigenvalue weighted by Gasteiger charge is -2.08. The second kappa shape index (κ2) is 8.56. The van der Waals surface area contributed by atoms with Crippen LogP contribution in [0.5, 0.6) is 11.5 Å². The maximum absolute atomic E-state index is 11.3. The molecule has 1 aromatic heterocycles. The van der Waals surface area contributed by atoms with E-state index in [9.17, 15) is 8.42 Å². The molecule has 0 aliphatic carbocycles. The lowest BCUT2D eigenvalue weighted by Crippen LogP contribution is -2.09. The van der Waals surface area contributed by atoms with Gasteiger partial charge in [-0.05, 0) is 36.4 Å². The largest absolute Gasteiger partial charge is 0.457 e. The maximum Gasteiger partial charge on any atom is 0.229 e. The van der Waals surface area contributed by atoms with Crippen molar-refractivity contribution in [3.05, 3.63) is 84.2 Å². The fourth-order valence-electron chi connectivity index (χ4n) is 2.77. The van der Waals surface area contributed by atoms with Gasteiger partial charge in [-0.2, -0.15) is 0 Å². The minimum atomic E-state index is -3.29. The summed E-state index contributed by atoms with van der Waals surface area (Å²) < 4.78 is 31.0. The van der Waals surface area contributed by atoms with Crippen molar-refractivity contribution in [2.45, 2.75) is 0 Å². The van der Waals surface area contributed by atoms with Crippen molar-refractivity contribution in [1.29, 1.82) is 0 Å². The van der Waals surface area contributed by atoms with E-state index in [0.717, 1.165) is 39.8 Å². The van der Waals surface area contributed by atoms with Crippen LogP contribution in [0.3, 0.4) is 0 Å². The summed E-state index contributed by atoms with van der Waals surface area (Å²) in [6.45, 7) is 0. The first-order valence-electron chi connectivity index (χ1n) is 9.08. The third-order valence-corrected chi connectivity index (χ3v) is 5.42. The highest BCUT2D eigenvalue weighted by Gasteiger charge is 2.07. The zero-order valence-corrected chi connectivity index (χ0v) is 17.7. The summed E-state index contributed by atoms with van der Waals surface area (Å²) in [4.78, 5) is 4.62. The predicted molar refractivity (Wildman–Crippen MR) is 122 cm³/mol. The molecule has 152 valence electrons. The van der Waals surface area contributed by atoms with E-state index < -0.39 is 10.0 Å². The first-order valence-corrected chi connectivity index (χ1v) is 11.9. The van der Waals surface area contributed by atoms with E-state index in [-0.39, 0.29) is 0 Å². The van der Waals surface area contributed by atoms with Crippen molar-refractivity contribution in [3.8, 4) is 22.8 Å². The number of hydrogen-bond donors (Lipinski definition) is 2. The molecule has 0 aliphatic heterocycles. The van der Waals surface area contributed by atoms with Gasteiger partial charge in [-0.25, -0.2) is 13.4 Å². The maximum atomic E-state index is 11.3. The highest BCUT2D eigenvalue weighted by Crippen LogP contribution is 2.30. The molecule has 30 heavy (non-hydrogen) atoms. The quantitative estimate of drug-likeness (QED) is 0.387. The molecule has 0 saturated heterocycles. The van der Waals surface area contributed by atoms with E-state index in [1.165, 1.54) is 11.3 Å². The Morgan fingerprint density at radius 1 is 0.867 bits per heavy atom. The van der Waals surface area contributed by atoms with Crippen LogP contribution in [0.25, 0.3) is 11.3 Å². The molecular weight excluding hydrogens is 418 g/mol. The topological polar surface area (TPSA) is 80.3 Å². The van der Waals surface area contributed by atoms with E-state index in [1.54, 1.807) is 12.1 Å². The molecule has 4 aromatic rings. The van der Waals surface area contributed by atoms with Crippen LogP contribution in [-0.2, 0) is 10.0 Å². The first-order chi connectivity index (χ1) is 14.4. The number of anilines is 3. The lowest BCUT2D eigenvalue weighted by atomic mass is 10.1. The SMILES string of the molecule is CS(=O)(=O)Nc1ccc(-c2csc(Nc3cccc(Oc4ccccc4)c3)n2)cc1. The summed E-state index contributed by atoms with van der Waals surface area (Å²) in [5.74, 6) is 1.51. The molecule has 8 heteroatoms. The van der Waals surface area contributed by atoms with Crippen molar-refractivity contribution in [1.82, 2.24) is 4.98 Å². The van der Waals surface area contributed by atoms with Crippen LogP contribution in [0.2, 0.25) is 0 Å². The highest BCUT2D eigenvalue weighted by molar-refractivity contribution is 7.92. The van der Waals surface area contributed by atoms with Gasteiger partial charge in [0.1, 0.15) is 11.5 Å².